The van der Waals surface area contributed by atoms with E-state index in [2.05, 4.69) is 22.3 Å². The maximum absolute atomic E-state index is 12.3. The maximum Gasteiger partial charge on any atom is 0.317 e. The number of aromatic nitrogens is 3. The first kappa shape index (κ1) is 16.4. The van der Waals surface area contributed by atoms with Crippen LogP contribution in [0.4, 0.5) is 4.79 Å². The molecule has 0 radical (unpaired) electrons. The van der Waals surface area contributed by atoms with Crippen LogP contribution < -0.4 is 5.32 Å². The Kier molecular flexibility index (Phi) is 5.43. The van der Waals surface area contributed by atoms with E-state index in [-0.39, 0.29) is 12.1 Å². The lowest BCUT2D eigenvalue weighted by Crippen LogP contribution is -2.49. The smallest absolute Gasteiger partial charge is 0.317 e. The number of benzene rings is 1. The Labute approximate surface area is 141 Å². The molecule has 1 fully saturated rings. The van der Waals surface area contributed by atoms with Crippen LogP contribution in [0.2, 0.25) is 0 Å². The van der Waals surface area contributed by atoms with E-state index < -0.39 is 0 Å². The summed E-state index contributed by atoms with van der Waals surface area (Å²) in [4.78, 5) is 18.0. The molecule has 2 aromatic rings. The SMILES string of the molecule is CC[C@@H]1CN(C(=O)NCc2ccc(Cn3cncn3)cc2)CCO1. The fourth-order valence-electron chi connectivity index (χ4n) is 2.70. The lowest BCUT2D eigenvalue weighted by atomic mass is 10.1. The van der Waals surface area contributed by atoms with Crippen molar-refractivity contribution >= 4 is 6.03 Å². The Morgan fingerprint density at radius 3 is 2.83 bits per heavy atom. The van der Waals surface area contributed by atoms with Crippen LogP contribution in [0.25, 0.3) is 0 Å². The molecular formula is C17H23N5O2. The van der Waals surface area contributed by atoms with Crippen molar-refractivity contribution in [2.45, 2.75) is 32.5 Å². The number of nitrogens with one attached hydrogen (secondary N) is 1. The molecule has 7 heteroatoms. The van der Waals surface area contributed by atoms with Gasteiger partial charge >= 0.3 is 6.03 Å². The number of amides is 2. The third kappa shape index (κ3) is 4.32. The number of hydrogen-bond donors (Lipinski definition) is 1. The normalized spacial score (nSPS) is 17.7. The number of morpholine rings is 1. The van der Waals surface area contributed by atoms with Gasteiger partial charge in [0.05, 0.1) is 19.3 Å². The first-order valence-electron chi connectivity index (χ1n) is 8.29. The van der Waals surface area contributed by atoms with Crippen molar-refractivity contribution in [3.8, 4) is 0 Å². The lowest BCUT2D eigenvalue weighted by molar-refractivity contribution is -0.0154. The van der Waals surface area contributed by atoms with Gasteiger partial charge in [-0.3, -0.25) is 0 Å². The van der Waals surface area contributed by atoms with E-state index in [1.54, 1.807) is 11.0 Å². The van der Waals surface area contributed by atoms with Gasteiger partial charge in [0.25, 0.3) is 0 Å². The van der Waals surface area contributed by atoms with Crippen molar-refractivity contribution in [2.75, 3.05) is 19.7 Å². The van der Waals surface area contributed by atoms with E-state index in [0.717, 1.165) is 17.5 Å². The molecule has 128 valence electrons. The molecule has 1 aromatic carbocycles. The molecular weight excluding hydrogens is 306 g/mol. The molecule has 24 heavy (non-hydrogen) atoms. The minimum Gasteiger partial charge on any atom is -0.375 e. The third-order valence-corrected chi connectivity index (χ3v) is 4.16. The van der Waals surface area contributed by atoms with Gasteiger partial charge in [-0.25, -0.2) is 14.5 Å². The molecule has 7 nitrogen and oxygen atoms in total. The zero-order chi connectivity index (χ0) is 16.8. The largest absolute Gasteiger partial charge is 0.375 e. The van der Waals surface area contributed by atoms with Gasteiger partial charge in [0, 0.05) is 19.6 Å². The summed E-state index contributed by atoms with van der Waals surface area (Å²) in [6, 6.07) is 8.13. The van der Waals surface area contributed by atoms with Gasteiger partial charge < -0.3 is 15.0 Å². The highest BCUT2D eigenvalue weighted by Crippen LogP contribution is 2.09. The molecule has 0 saturated carbocycles. The molecule has 0 aliphatic carbocycles. The van der Waals surface area contributed by atoms with E-state index in [1.165, 1.54) is 6.33 Å². The number of nitrogens with zero attached hydrogens (tertiary/aromatic N) is 4. The highest BCUT2D eigenvalue weighted by Gasteiger charge is 2.22. The third-order valence-electron chi connectivity index (χ3n) is 4.16. The van der Waals surface area contributed by atoms with Gasteiger partial charge in [-0.05, 0) is 17.5 Å². The summed E-state index contributed by atoms with van der Waals surface area (Å²) < 4.78 is 7.37. The van der Waals surface area contributed by atoms with Crippen molar-refractivity contribution in [3.63, 3.8) is 0 Å². The number of carbonyl (C=O) groups excluding carboxylic acids is 1. The summed E-state index contributed by atoms with van der Waals surface area (Å²) >= 11 is 0. The number of rotatable bonds is 5. The van der Waals surface area contributed by atoms with Crippen molar-refractivity contribution < 1.29 is 9.53 Å². The molecule has 1 aromatic heterocycles. The Morgan fingerprint density at radius 2 is 2.12 bits per heavy atom. The molecule has 1 aliphatic rings. The topological polar surface area (TPSA) is 72.3 Å². The van der Waals surface area contributed by atoms with E-state index in [4.69, 9.17) is 4.74 Å². The second-order valence-corrected chi connectivity index (χ2v) is 5.92. The van der Waals surface area contributed by atoms with Crippen LogP contribution in [0.5, 0.6) is 0 Å². The monoisotopic (exact) mass is 329 g/mol. The molecule has 3 rings (SSSR count). The van der Waals surface area contributed by atoms with Crippen molar-refractivity contribution in [1.82, 2.24) is 25.0 Å². The summed E-state index contributed by atoms with van der Waals surface area (Å²) in [5.74, 6) is 0. The molecule has 2 heterocycles. The van der Waals surface area contributed by atoms with Crippen molar-refractivity contribution in [1.29, 1.82) is 0 Å². The average Bonchev–Trinajstić information content (AvgIpc) is 3.14. The van der Waals surface area contributed by atoms with Gasteiger partial charge in [0.15, 0.2) is 0 Å². The molecule has 0 spiro atoms. The fourth-order valence-corrected chi connectivity index (χ4v) is 2.70. The summed E-state index contributed by atoms with van der Waals surface area (Å²) in [6.07, 6.45) is 4.30. The van der Waals surface area contributed by atoms with E-state index in [0.29, 0.717) is 32.8 Å². The van der Waals surface area contributed by atoms with E-state index >= 15 is 0 Å². The van der Waals surface area contributed by atoms with Crippen LogP contribution >= 0.6 is 0 Å². The zero-order valence-corrected chi connectivity index (χ0v) is 13.9. The summed E-state index contributed by atoms with van der Waals surface area (Å²) in [5.41, 5.74) is 2.22. The van der Waals surface area contributed by atoms with Gasteiger partial charge in [-0.2, -0.15) is 5.10 Å². The van der Waals surface area contributed by atoms with Crippen molar-refractivity contribution in [3.05, 3.63) is 48.0 Å². The van der Waals surface area contributed by atoms with Crippen LogP contribution in [0.3, 0.4) is 0 Å². The minimum absolute atomic E-state index is 0.0246. The number of ether oxygens (including phenoxy) is 1. The first-order valence-corrected chi connectivity index (χ1v) is 8.29. The molecule has 1 saturated heterocycles. The molecule has 1 N–H and O–H groups in total. The average molecular weight is 329 g/mol. The molecule has 2 amide bonds. The Morgan fingerprint density at radius 1 is 1.33 bits per heavy atom. The van der Waals surface area contributed by atoms with Crippen LogP contribution in [-0.4, -0.2) is 51.5 Å². The van der Waals surface area contributed by atoms with Gasteiger partial charge in [-0.15, -0.1) is 0 Å². The maximum atomic E-state index is 12.3. The Bertz CT molecular complexity index is 642. The summed E-state index contributed by atoms with van der Waals surface area (Å²) in [6.45, 7) is 5.23. The predicted octanol–water partition coefficient (Wildman–Crippen LogP) is 1.65. The predicted molar refractivity (Wildman–Crippen MR) is 89.4 cm³/mol. The highest BCUT2D eigenvalue weighted by atomic mass is 16.5. The second kappa shape index (κ2) is 7.92. The molecule has 1 atom stereocenters. The van der Waals surface area contributed by atoms with Gasteiger partial charge in [0.2, 0.25) is 0 Å². The highest BCUT2D eigenvalue weighted by molar-refractivity contribution is 5.74. The zero-order valence-electron chi connectivity index (χ0n) is 13.9. The Balaban J connectivity index is 1.48. The molecule has 0 unspecified atom stereocenters. The van der Waals surface area contributed by atoms with E-state index in [9.17, 15) is 4.79 Å². The molecule has 1 aliphatic heterocycles. The Hall–Kier alpha value is -2.41. The fraction of sp³-hybridized carbons (Fsp3) is 0.471. The van der Waals surface area contributed by atoms with E-state index in [1.807, 2.05) is 29.2 Å². The number of hydrogen-bond acceptors (Lipinski definition) is 4. The van der Waals surface area contributed by atoms with Crippen LogP contribution in [0.15, 0.2) is 36.9 Å². The quantitative estimate of drug-likeness (QED) is 0.905. The lowest BCUT2D eigenvalue weighted by Gasteiger charge is -2.32. The number of carbonyl (C=O) groups is 1. The number of urea groups is 1. The van der Waals surface area contributed by atoms with Crippen LogP contribution in [0.1, 0.15) is 24.5 Å². The van der Waals surface area contributed by atoms with Crippen LogP contribution in [-0.2, 0) is 17.8 Å². The molecule has 0 bridgehead atoms. The first-order chi connectivity index (χ1) is 11.7. The van der Waals surface area contributed by atoms with Crippen molar-refractivity contribution in [2.24, 2.45) is 0 Å². The minimum atomic E-state index is -0.0246. The van der Waals surface area contributed by atoms with Gasteiger partial charge in [-0.1, -0.05) is 31.2 Å². The standard InChI is InChI=1S/C17H23N5O2/c1-2-16-11-21(7-8-24-16)17(23)19-9-14-3-5-15(6-4-14)10-22-13-18-12-20-22/h3-6,12-13,16H,2,7-11H2,1H3,(H,19,23)/t16-/m1/s1. The summed E-state index contributed by atoms with van der Waals surface area (Å²) in [7, 11) is 0. The van der Waals surface area contributed by atoms with Gasteiger partial charge in [0.1, 0.15) is 12.7 Å². The van der Waals surface area contributed by atoms with Crippen LogP contribution in [0, 0.1) is 0 Å². The summed E-state index contributed by atoms with van der Waals surface area (Å²) in [5, 5.41) is 7.07. The second-order valence-electron chi connectivity index (χ2n) is 5.92.